The van der Waals surface area contributed by atoms with Gasteiger partial charge in [-0.05, 0) is 6.42 Å². The first-order chi connectivity index (χ1) is 8.27. The number of allylic oxidation sites excluding steroid dienone is 2. The lowest BCUT2D eigenvalue weighted by Gasteiger charge is -2.26. The summed E-state index contributed by atoms with van der Waals surface area (Å²) in [5.74, 6) is 0. The van der Waals surface area contributed by atoms with Gasteiger partial charge >= 0.3 is 0 Å². The average molecular weight is 275 g/mol. The summed E-state index contributed by atoms with van der Waals surface area (Å²) in [7, 11) is -2.69. The van der Waals surface area contributed by atoms with Gasteiger partial charge in [-0.1, -0.05) is 85.2 Å². The van der Waals surface area contributed by atoms with Crippen LogP contribution in [0.3, 0.4) is 0 Å². The summed E-state index contributed by atoms with van der Waals surface area (Å²) in [4.78, 5) is 0. The Morgan fingerprint density at radius 3 is 2.06 bits per heavy atom. The van der Waals surface area contributed by atoms with Gasteiger partial charge in [0.1, 0.15) is 8.07 Å². The molecule has 0 aliphatic rings. The van der Waals surface area contributed by atoms with Crippen LogP contribution in [0, 0.1) is 0 Å². The summed E-state index contributed by atoms with van der Waals surface area (Å²) in [6, 6.07) is 11.0. The van der Waals surface area contributed by atoms with Crippen LogP contribution < -0.4 is 5.19 Å². The van der Waals surface area contributed by atoms with E-state index in [0.29, 0.717) is 0 Å². The molecule has 1 rings (SSSR count). The van der Waals surface area contributed by atoms with E-state index in [1.54, 1.807) is 5.20 Å². The van der Waals surface area contributed by atoms with Gasteiger partial charge in [-0.3, -0.25) is 0 Å². The van der Waals surface area contributed by atoms with Gasteiger partial charge in [0.05, 0.1) is 8.07 Å². The van der Waals surface area contributed by atoms with Crippen LogP contribution in [-0.4, -0.2) is 16.1 Å². The highest BCUT2D eigenvalue weighted by atomic mass is 28.3. The van der Waals surface area contributed by atoms with Crippen LogP contribution in [0.5, 0.6) is 0 Å². The van der Waals surface area contributed by atoms with E-state index in [0.717, 1.165) is 6.42 Å². The lowest BCUT2D eigenvalue weighted by atomic mass is 10.4. The molecule has 0 bridgehead atoms. The first kappa shape index (κ1) is 15.2. The average Bonchev–Trinajstić information content (AvgIpc) is 2.28. The molecule has 18 heavy (non-hydrogen) atoms. The van der Waals surface area contributed by atoms with E-state index in [1.165, 1.54) is 5.19 Å². The van der Waals surface area contributed by atoms with Gasteiger partial charge in [0.25, 0.3) is 0 Å². The number of benzene rings is 1. The SMILES string of the molecule is C=CC/C(=C\[Si](C)(C)c1ccccc1)[Si](C)(C)C. The molecule has 0 heterocycles. The first-order valence-electron chi connectivity index (χ1n) is 6.66. The Morgan fingerprint density at radius 2 is 1.61 bits per heavy atom. The second-order valence-corrected chi connectivity index (χ2v) is 16.0. The highest BCUT2D eigenvalue weighted by Crippen LogP contribution is 2.21. The second kappa shape index (κ2) is 5.85. The van der Waals surface area contributed by atoms with Gasteiger partial charge in [-0.25, -0.2) is 0 Å². The van der Waals surface area contributed by atoms with E-state index in [1.807, 2.05) is 0 Å². The number of hydrogen-bond donors (Lipinski definition) is 0. The van der Waals surface area contributed by atoms with Crippen LogP contribution >= 0.6 is 0 Å². The van der Waals surface area contributed by atoms with Crippen molar-refractivity contribution < 1.29 is 0 Å². The maximum Gasteiger partial charge on any atom is 0.103 e. The molecular formula is C16H26Si2. The summed E-state index contributed by atoms with van der Waals surface area (Å²) >= 11 is 0. The van der Waals surface area contributed by atoms with Crippen molar-refractivity contribution in [3.05, 3.63) is 53.9 Å². The number of hydrogen-bond acceptors (Lipinski definition) is 0. The van der Waals surface area contributed by atoms with E-state index >= 15 is 0 Å². The molecule has 0 saturated heterocycles. The van der Waals surface area contributed by atoms with Crippen LogP contribution in [0.1, 0.15) is 6.42 Å². The van der Waals surface area contributed by atoms with Crippen molar-refractivity contribution in [2.75, 3.05) is 0 Å². The van der Waals surface area contributed by atoms with Gasteiger partial charge < -0.3 is 0 Å². The molecule has 0 atom stereocenters. The third-order valence-corrected chi connectivity index (χ3v) is 8.84. The molecule has 1 aromatic rings. The lowest BCUT2D eigenvalue weighted by Crippen LogP contribution is -2.41. The molecule has 0 nitrogen and oxygen atoms in total. The van der Waals surface area contributed by atoms with Gasteiger partial charge in [-0.2, -0.15) is 0 Å². The van der Waals surface area contributed by atoms with Crippen LogP contribution in [0.15, 0.2) is 53.9 Å². The van der Waals surface area contributed by atoms with Crippen molar-refractivity contribution in [3.63, 3.8) is 0 Å². The molecule has 0 spiro atoms. The number of rotatable bonds is 5. The van der Waals surface area contributed by atoms with E-state index in [2.05, 4.69) is 81.4 Å². The Balaban J connectivity index is 3.14. The highest BCUT2D eigenvalue weighted by Gasteiger charge is 2.25. The first-order valence-corrected chi connectivity index (χ1v) is 13.2. The summed E-state index contributed by atoms with van der Waals surface area (Å²) in [5.41, 5.74) is 2.61. The Morgan fingerprint density at radius 1 is 1.06 bits per heavy atom. The second-order valence-electron chi connectivity index (χ2n) is 6.50. The van der Waals surface area contributed by atoms with Crippen LogP contribution in [0.4, 0.5) is 0 Å². The molecule has 0 fully saturated rings. The fourth-order valence-corrected chi connectivity index (χ4v) is 7.90. The molecule has 0 N–H and O–H groups in total. The zero-order valence-electron chi connectivity index (χ0n) is 12.5. The van der Waals surface area contributed by atoms with Crippen molar-refractivity contribution in [1.82, 2.24) is 0 Å². The molecule has 1 aromatic carbocycles. The van der Waals surface area contributed by atoms with Crippen LogP contribution in [0.2, 0.25) is 32.7 Å². The molecular weight excluding hydrogens is 248 g/mol. The third-order valence-electron chi connectivity index (χ3n) is 3.38. The smallest absolute Gasteiger partial charge is 0.103 e. The van der Waals surface area contributed by atoms with Gasteiger partial charge in [0, 0.05) is 0 Å². The molecule has 2 heteroatoms. The topological polar surface area (TPSA) is 0 Å². The fourth-order valence-electron chi connectivity index (χ4n) is 2.12. The zero-order chi connectivity index (χ0) is 13.8. The van der Waals surface area contributed by atoms with Gasteiger partial charge in [0.2, 0.25) is 0 Å². The molecule has 98 valence electrons. The third kappa shape index (κ3) is 4.11. The maximum absolute atomic E-state index is 3.91. The van der Waals surface area contributed by atoms with Crippen molar-refractivity contribution >= 4 is 21.3 Å². The molecule has 0 unspecified atom stereocenters. The Hall–Kier alpha value is -0.866. The lowest BCUT2D eigenvalue weighted by molar-refractivity contribution is 1.32. The zero-order valence-corrected chi connectivity index (χ0v) is 14.5. The van der Waals surface area contributed by atoms with E-state index in [9.17, 15) is 0 Å². The largest absolute Gasteiger partial charge is 0.103 e. The predicted octanol–water partition coefficient (Wildman–Crippen LogP) is 4.52. The summed E-state index contributed by atoms with van der Waals surface area (Å²) in [6.45, 7) is 16.1. The van der Waals surface area contributed by atoms with E-state index < -0.39 is 16.1 Å². The quantitative estimate of drug-likeness (QED) is 0.547. The van der Waals surface area contributed by atoms with E-state index in [4.69, 9.17) is 0 Å². The molecule has 0 aliphatic heterocycles. The van der Waals surface area contributed by atoms with Crippen molar-refractivity contribution in [2.45, 2.75) is 39.2 Å². The van der Waals surface area contributed by atoms with E-state index in [-0.39, 0.29) is 0 Å². The minimum absolute atomic E-state index is 1.05. The minimum Gasteiger partial charge on any atom is -0.103 e. The molecule has 0 amide bonds. The maximum atomic E-state index is 3.91. The highest BCUT2D eigenvalue weighted by molar-refractivity contribution is 6.96. The molecule has 0 aromatic heterocycles. The van der Waals surface area contributed by atoms with Gasteiger partial charge in [0.15, 0.2) is 0 Å². The monoisotopic (exact) mass is 274 g/mol. The summed E-state index contributed by atoms with van der Waals surface area (Å²) < 4.78 is 0. The van der Waals surface area contributed by atoms with Crippen molar-refractivity contribution in [1.29, 1.82) is 0 Å². The normalized spacial score (nSPS) is 13.5. The Labute approximate surface area is 114 Å². The minimum atomic E-state index is -1.46. The predicted molar refractivity (Wildman–Crippen MR) is 89.8 cm³/mol. The molecule has 0 saturated carbocycles. The van der Waals surface area contributed by atoms with Crippen molar-refractivity contribution in [3.8, 4) is 0 Å². The Bertz CT molecular complexity index is 422. The fraction of sp³-hybridized carbons (Fsp3) is 0.375. The van der Waals surface area contributed by atoms with Crippen LogP contribution in [0.25, 0.3) is 0 Å². The Kier molecular flexibility index (Phi) is 4.94. The van der Waals surface area contributed by atoms with Gasteiger partial charge in [-0.15, -0.1) is 6.58 Å². The van der Waals surface area contributed by atoms with Crippen molar-refractivity contribution in [2.24, 2.45) is 0 Å². The molecule has 0 radical (unpaired) electrons. The molecule has 0 aliphatic carbocycles. The van der Waals surface area contributed by atoms with Crippen LogP contribution in [-0.2, 0) is 0 Å². The standard InChI is InChI=1S/C16H26Si2/c1-7-11-16(17(2,3)4)14-18(5,6)15-12-9-8-10-13-15/h7-10,12-14H,1,11H2,2-6H3/b16-14+. The summed E-state index contributed by atoms with van der Waals surface area (Å²) in [5, 5.41) is 3.17. The summed E-state index contributed by atoms with van der Waals surface area (Å²) in [6.07, 6.45) is 3.11.